The molecule has 1 amide bonds. The van der Waals surface area contributed by atoms with Crippen molar-refractivity contribution in [2.75, 3.05) is 20.8 Å². The number of aromatic amines is 1. The number of hydrogen-bond acceptors (Lipinski definition) is 6. The molecule has 3 aromatic rings. The van der Waals surface area contributed by atoms with Gasteiger partial charge in [-0.3, -0.25) is 9.59 Å². The van der Waals surface area contributed by atoms with Crippen LogP contribution in [0.25, 0.3) is 10.2 Å². The van der Waals surface area contributed by atoms with Crippen LogP contribution in [0, 0.1) is 5.92 Å². The Morgan fingerprint density at radius 3 is 2.84 bits per heavy atom. The largest absolute Gasteiger partial charge is 0.493 e. The number of carbonyl (C=O) groups is 1. The van der Waals surface area contributed by atoms with E-state index in [-0.39, 0.29) is 17.9 Å². The Morgan fingerprint density at radius 1 is 1.25 bits per heavy atom. The number of H-pyrrole nitrogens is 1. The van der Waals surface area contributed by atoms with E-state index < -0.39 is 0 Å². The van der Waals surface area contributed by atoms with Gasteiger partial charge in [0, 0.05) is 24.3 Å². The second kappa shape index (κ2) is 9.73. The van der Waals surface area contributed by atoms with E-state index in [0.29, 0.717) is 42.6 Å². The SMILES string of the molecule is COc1ccc(CCNC(=O)CCc2nc3sc4c(c3c(=O)[nH]2)CCC(C)C4)cc1OC. The van der Waals surface area contributed by atoms with Crippen LogP contribution in [0.5, 0.6) is 11.5 Å². The summed E-state index contributed by atoms with van der Waals surface area (Å²) in [7, 11) is 3.20. The summed E-state index contributed by atoms with van der Waals surface area (Å²) in [6, 6.07) is 5.73. The smallest absolute Gasteiger partial charge is 0.259 e. The van der Waals surface area contributed by atoms with Crippen LogP contribution >= 0.6 is 11.3 Å². The minimum Gasteiger partial charge on any atom is -0.493 e. The molecule has 1 aliphatic rings. The Balaban J connectivity index is 1.33. The average Bonchev–Trinajstić information content (AvgIpc) is 3.15. The molecule has 4 rings (SSSR count). The van der Waals surface area contributed by atoms with Crippen molar-refractivity contribution < 1.29 is 14.3 Å². The normalized spacial score (nSPS) is 15.4. The van der Waals surface area contributed by atoms with Gasteiger partial charge in [0.05, 0.1) is 19.6 Å². The summed E-state index contributed by atoms with van der Waals surface area (Å²) in [6.45, 7) is 2.77. The van der Waals surface area contributed by atoms with Crippen LogP contribution in [0.3, 0.4) is 0 Å². The number of carbonyl (C=O) groups excluding carboxylic acids is 1. The fourth-order valence-electron chi connectivity index (χ4n) is 4.21. The Kier molecular flexibility index (Phi) is 6.79. The number of nitrogens with zero attached hydrogens (tertiary/aromatic N) is 1. The quantitative estimate of drug-likeness (QED) is 0.543. The van der Waals surface area contributed by atoms with E-state index in [1.54, 1.807) is 25.6 Å². The number of nitrogens with one attached hydrogen (secondary N) is 2. The third-order valence-electron chi connectivity index (χ3n) is 5.99. The van der Waals surface area contributed by atoms with E-state index in [0.717, 1.165) is 35.0 Å². The number of fused-ring (bicyclic) bond motifs is 3. The molecule has 0 fully saturated rings. The second-order valence-corrected chi connectivity index (χ2v) is 9.42. The van der Waals surface area contributed by atoms with Crippen LogP contribution in [0.15, 0.2) is 23.0 Å². The number of amides is 1. The molecule has 1 aliphatic carbocycles. The Bertz CT molecular complexity index is 1180. The number of methoxy groups -OCH3 is 2. The summed E-state index contributed by atoms with van der Waals surface area (Å²) in [5.74, 6) is 2.51. The van der Waals surface area contributed by atoms with Crippen molar-refractivity contribution in [3.63, 3.8) is 0 Å². The third kappa shape index (κ3) is 4.80. The average molecular weight is 456 g/mol. The van der Waals surface area contributed by atoms with E-state index in [4.69, 9.17) is 9.47 Å². The van der Waals surface area contributed by atoms with Crippen molar-refractivity contribution >= 4 is 27.5 Å². The van der Waals surface area contributed by atoms with E-state index in [9.17, 15) is 9.59 Å². The maximum atomic E-state index is 12.7. The van der Waals surface area contributed by atoms with Gasteiger partial charge in [-0.15, -0.1) is 11.3 Å². The fourth-order valence-corrected chi connectivity index (χ4v) is 5.62. The van der Waals surface area contributed by atoms with Gasteiger partial charge in [-0.2, -0.15) is 0 Å². The molecule has 1 atom stereocenters. The van der Waals surface area contributed by atoms with Crippen molar-refractivity contribution in [2.45, 2.75) is 45.4 Å². The summed E-state index contributed by atoms with van der Waals surface area (Å²) in [5.41, 5.74) is 2.15. The Hall–Kier alpha value is -2.87. The maximum Gasteiger partial charge on any atom is 0.259 e. The minimum atomic E-state index is -0.0779. The molecular weight excluding hydrogens is 426 g/mol. The van der Waals surface area contributed by atoms with Gasteiger partial charge in [-0.1, -0.05) is 13.0 Å². The predicted octanol–water partition coefficient (Wildman–Crippen LogP) is 3.42. The number of hydrogen-bond donors (Lipinski definition) is 2. The molecule has 8 heteroatoms. The minimum absolute atomic E-state index is 0.0625. The number of benzene rings is 1. The first kappa shape index (κ1) is 22.3. The highest BCUT2D eigenvalue weighted by Crippen LogP contribution is 2.35. The van der Waals surface area contributed by atoms with Crippen molar-refractivity contribution in [3.8, 4) is 11.5 Å². The predicted molar refractivity (Wildman–Crippen MR) is 126 cm³/mol. The highest BCUT2D eigenvalue weighted by atomic mass is 32.1. The van der Waals surface area contributed by atoms with Gasteiger partial charge in [0.25, 0.3) is 5.56 Å². The van der Waals surface area contributed by atoms with E-state index in [1.807, 2.05) is 18.2 Å². The Labute approximate surface area is 191 Å². The zero-order valence-corrected chi connectivity index (χ0v) is 19.6. The number of ether oxygens (including phenoxy) is 2. The van der Waals surface area contributed by atoms with Crippen molar-refractivity contribution in [2.24, 2.45) is 5.92 Å². The van der Waals surface area contributed by atoms with Gasteiger partial charge in [0.1, 0.15) is 10.7 Å². The summed E-state index contributed by atoms with van der Waals surface area (Å²) in [5, 5.41) is 3.69. The van der Waals surface area contributed by atoms with Crippen molar-refractivity contribution in [3.05, 3.63) is 50.4 Å². The summed E-state index contributed by atoms with van der Waals surface area (Å²) in [6.07, 6.45) is 4.46. The van der Waals surface area contributed by atoms with E-state index >= 15 is 0 Å². The zero-order valence-electron chi connectivity index (χ0n) is 18.7. The van der Waals surface area contributed by atoms with Gasteiger partial charge in [0.15, 0.2) is 11.5 Å². The summed E-state index contributed by atoms with van der Waals surface area (Å²) in [4.78, 5) is 34.6. The highest BCUT2D eigenvalue weighted by Gasteiger charge is 2.23. The molecule has 1 unspecified atom stereocenters. The van der Waals surface area contributed by atoms with Crippen LogP contribution in [0.1, 0.15) is 41.6 Å². The maximum absolute atomic E-state index is 12.7. The van der Waals surface area contributed by atoms with Crippen molar-refractivity contribution in [1.82, 2.24) is 15.3 Å². The second-order valence-electron chi connectivity index (χ2n) is 8.33. The molecule has 2 heterocycles. The molecule has 170 valence electrons. The highest BCUT2D eigenvalue weighted by molar-refractivity contribution is 7.18. The van der Waals surface area contributed by atoms with Crippen LogP contribution in [-0.4, -0.2) is 36.6 Å². The third-order valence-corrected chi connectivity index (χ3v) is 7.14. The monoisotopic (exact) mass is 455 g/mol. The van der Waals surface area contributed by atoms with E-state index in [1.165, 1.54) is 10.4 Å². The molecule has 32 heavy (non-hydrogen) atoms. The number of thiophene rings is 1. The van der Waals surface area contributed by atoms with Crippen LogP contribution in [0.4, 0.5) is 0 Å². The summed E-state index contributed by atoms with van der Waals surface area (Å²) >= 11 is 1.63. The first-order valence-corrected chi connectivity index (χ1v) is 11.8. The molecule has 0 saturated heterocycles. The van der Waals surface area contributed by atoms with Crippen LogP contribution in [0.2, 0.25) is 0 Å². The number of aryl methyl sites for hydroxylation is 2. The molecule has 0 saturated carbocycles. The number of aromatic nitrogens is 2. The van der Waals surface area contributed by atoms with Gasteiger partial charge in [0.2, 0.25) is 5.91 Å². The van der Waals surface area contributed by atoms with Gasteiger partial charge < -0.3 is 19.8 Å². The molecule has 0 aliphatic heterocycles. The molecular formula is C24H29N3O4S. The molecule has 0 spiro atoms. The lowest BCUT2D eigenvalue weighted by molar-refractivity contribution is -0.121. The lowest BCUT2D eigenvalue weighted by Gasteiger charge is -2.17. The standard InChI is InChI=1S/C24H29N3O4S/c1-14-4-6-16-19(12-14)32-24-22(16)23(29)26-20(27-24)8-9-21(28)25-11-10-15-5-7-17(30-2)18(13-15)31-3/h5,7,13-14H,4,6,8-12H2,1-3H3,(H,25,28)(H,26,27,29). The first-order valence-electron chi connectivity index (χ1n) is 11.0. The molecule has 1 aromatic carbocycles. The lowest BCUT2D eigenvalue weighted by Crippen LogP contribution is -2.26. The van der Waals surface area contributed by atoms with Crippen molar-refractivity contribution in [1.29, 1.82) is 0 Å². The van der Waals surface area contributed by atoms with Crippen LogP contribution < -0.4 is 20.3 Å². The number of rotatable bonds is 8. The topological polar surface area (TPSA) is 93.3 Å². The van der Waals surface area contributed by atoms with Crippen LogP contribution in [-0.2, 0) is 30.5 Å². The zero-order chi connectivity index (χ0) is 22.7. The molecule has 0 bridgehead atoms. The Morgan fingerprint density at radius 2 is 2.06 bits per heavy atom. The van der Waals surface area contributed by atoms with E-state index in [2.05, 4.69) is 22.2 Å². The molecule has 2 aromatic heterocycles. The van der Waals surface area contributed by atoms with Gasteiger partial charge >= 0.3 is 0 Å². The fraction of sp³-hybridized carbons (Fsp3) is 0.458. The van der Waals surface area contributed by atoms with Gasteiger partial charge in [-0.05, 0) is 54.9 Å². The summed E-state index contributed by atoms with van der Waals surface area (Å²) < 4.78 is 10.6. The van der Waals surface area contributed by atoms with Gasteiger partial charge in [-0.25, -0.2) is 4.98 Å². The molecule has 7 nitrogen and oxygen atoms in total. The lowest BCUT2D eigenvalue weighted by atomic mass is 9.89. The first-order chi connectivity index (χ1) is 15.5. The molecule has 0 radical (unpaired) electrons. The molecule has 2 N–H and O–H groups in total.